The minimum Gasteiger partial charge on any atom is -0.241 e. The molecule has 1 aliphatic carbocycles. The molecule has 3 rings (SSSR count). The van der Waals surface area contributed by atoms with Gasteiger partial charge in [-0.15, -0.1) is 11.3 Å². The predicted octanol–water partition coefficient (Wildman–Crippen LogP) is 4.65. The van der Waals surface area contributed by atoms with Crippen molar-refractivity contribution in [2.24, 2.45) is 0 Å². The molecule has 1 fully saturated rings. The largest absolute Gasteiger partial charge is 0.241 e. The van der Waals surface area contributed by atoms with Gasteiger partial charge < -0.3 is 0 Å². The van der Waals surface area contributed by atoms with Crippen LogP contribution in [0.1, 0.15) is 28.6 Å². The summed E-state index contributed by atoms with van der Waals surface area (Å²) in [5.74, 6) is 0.741. The van der Waals surface area contributed by atoms with Crippen molar-refractivity contribution in [3.63, 3.8) is 0 Å². The molecule has 3 heteroatoms. The van der Waals surface area contributed by atoms with Crippen LogP contribution in [0.3, 0.4) is 0 Å². The van der Waals surface area contributed by atoms with Gasteiger partial charge >= 0.3 is 0 Å². The Hall–Kier alpha value is -0.860. The zero-order valence-electron chi connectivity index (χ0n) is 9.03. The SMILES string of the molecule is Cc1sc(C2CC2)nc1-c1ccc(Cl)cc1. The van der Waals surface area contributed by atoms with E-state index < -0.39 is 0 Å². The lowest BCUT2D eigenvalue weighted by Crippen LogP contribution is -1.81. The summed E-state index contributed by atoms with van der Waals surface area (Å²) in [6, 6.07) is 7.93. The summed E-state index contributed by atoms with van der Waals surface area (Å²) in [5.41, 5.74) is 2.30. The fraction of sp³-hybridized carbons (Fsp3) is 0.308. The van der Waals surface area contributed by atoms with Crippen LogP contribution in [0.5, 0.6) is 0 Å². The van der Waals surface area contributed by atoms with Crippen LogP contribution < -0.4 is 0 Å². The summed E-state index contributed by atoms with van der Waals surface area (Å²) in [7, 11) is 0. The van der Waals surface area contributed by atoms with E-state index in [0.29, 0.717) is 0 Å². The molecule has 0 bridgehead atoms. The molecule has 0 spiro atoms. The zero-order valence-corrected chi connectivity index (χ0v) is 10.6. The number of aryl methyl sites for hydroxylation is 1. The number of hydrogen-bond donors (Lipinski definition) is 0. The van der Waals surface area contributed by atoms with E-state index in [2.05, 4.69) is 6.92 Å². The van der Waals surface area contributed by atoms with E-state index in [4.69, 9.17) is 16.6 Å². The normalized spacial score (nSPS) is 15.4. The summed E-state index contributed by atoms with van der Waals surface area (Å²) >= 11 is 7.73. The van der Waals surface area contributed by atoms with Gasteiger partial charge in [-0.2, -0.15) is 0 Å². The molecule has 1 heterocycles. The van der Waals surface area contributed by atoms with Gasteiger partial charge in [0.25, 0.3) is 0 Å². The van der Waals surface area contributed by atoms with Crippen molar-refractivity contribution in [1.82, 2.24) is 4.98 Å². The second kappa shape index (κ2) is 3.86. The Labute approximate surface area is 104 Å². The van der Waals surface area contributed by atoms with Crippen molar-refractivity contribution in [3.05, 3.63) is 39.2 Å². The standard InChI is InChI=1S/C13H12ClNS/c1-8-12(9-4-6-11(14)7-5-9)15-13(16-8)10-2-3-10/h4-7,10H,2-3H2,1H3. The third-order valence-corrected chi connectivity index (χ3v) is 4.24. The molecule has 0 unspecified atom stereocenters. The first-order valence-corrected chi connectivity index (χ1v) is 6.67. The Morgan fingerprint density at radius 1 is 1.25 bits per heavy atom. The maximum atomic E-state index is 5.89. The highest BCUT2D eigenvalue weighted by Crippen LogP contribution is 2.43. The Balaban J connectivity index is 2.01. The molecule has 0 atom stereocenters. The highest BCUT2D eigenvalue weighted by atomic mass is 35.5. The maximum Gasteiger partial charge on any atom is 0.0966 e. The summed E-state index contributed by atoms with van der Waals surface area (Å²) in [6.45, 7) is 2.15. The lowest BCUT2D eigenvalue weighted by atomic mass is 10.1. The van der Waals surface area contributed by atoms with Crippen molar-refractivity contribution < 1.29 is 0 Å². The van der Waals surface area contributed by atoms with Crippen molar-refractivity contribution in [3.8, 4) is 11.3 Å². The van der Waals surface area contributed by atoms with Gasteiger partial charge in [-0.3, -0.25) is 0 Å². The summed E-state index contributed by atoms with van der Waals surface area (Å²) in [4.78, 5) is 6.06. The molecule has 0 radical (unpaired) electrons. The van der Waals surface area contributed by atoms with Gasteiger partial charge in [-0.1, -0.05) is 23.7 Å². The molecular formula is C13H12ClNS. The monoisotopic (exact) mass is 249 g/mol. The predicted molar refractivity (Wildman–Crippen MR) is 69.3 cm³/mol. The van der Waals surface area contributed by atoms with E-state index in [-0.39, 0.29) is 0 Å². The van der Waals surface area contributed by atoms with E-state index in [0.717, 1.165) is 16.6 Å². The maximum absolute atomic E-state index is 5.89. The van der Waals surface area contributed by atoms with E-state index in [1.54, 1.807) is 0 Å². The average Bonchev–Trinajstić information content (AvgIpc) is 3.04. The van der Waals surface area contributed by atoms with Crippen molar-refractivity contribution >= 4 is 22.9 Å². The molecular weight excluding hydrogens is 238 g/mol. The molecule has 0 N–H and O–H groups in total. The number of benzene rings is 1. The Kier molecular flexibility index (Phi) is 2.49. The average molecular weight is 250 g/mol. The number of rotatable bonds is 2. The molecule has 2 aromatic rings. The van der Waals surface area contributed by atoms with E-state index >= 15 is 0 Å². The number of hydrogen-bond acceptors (Lipinski definition) is 2. The number of aromatic nitrogens is 1. The molecule has 1 nitrogen and oxygen atoms in total. The Morgan fingerprint density at radius 3 is 2.56 bits per heavy atom. The molecule has 1 aromatic heterocycles. The van der Waals surface area contributed by atoms with Crippen molar-refractivity contribution in [1.29, 1.82) is 0 Å². The first-order chi connectivity index (χ1) is 7.74. The van der Waals surface area contributed by atoms with Crippen molar-refractivity contribution in [2.75, 3.05) is 0 Å². The minimum atomic E-state index is 0.741. The summed E-state index contributed by atoms with van der Waals surface area (Å²) in [6.07, 6.45) is 2.63. The second-order valence-electron chi connectivity index (χ2n) is 4.24. The van der Waals surface area contributed by atoms with Gasteiger partial charge in [0.1, 0.15) is 0 Å². The highest BCUT2D eigenvalue weighted by molar-refractivity contribution is 7.12. The molecule has 1 aromatic carbocycles. The Bertz CT molecular complexity index is 511. The quantitative estimate of drug-likeness (QED) is 0.755. The van der Waals surface area contributed by atoms with Crippen molar-refractivity contribution in [2.45, 2.75) is 25.7 Å². The van der Waals surface area contributed by atoms with Crippen LogP contribution in [0.4, 0.5) is 0 Å². The van der Waals surface area contributed by atoms with Crippen LogP contribution in [0.25, 0.3) is 11.3 Å². The molecule has 0 saturated heterocycles. The van der Waals surface area contributed by atoms with E-state index in [9.17, 15) is 0 Å². The van der Waals surface area contributed by atoms with Crippen LogP contribution in [0, 0.1) is 6.92 Å². The van der Waals surface area contributed by atoms with Gasteiger partial charge in [0, 0.05) is 21.4 Å². The molecule has 16 heavy (non-hydrogen) atoms. The van der Waals surface area contributed by atoms with Gasteiger partial charge in [-0.05, 0) is 31.9 Å². The number of thiazole rings is 1. The molecule has 1 saturated carbocycles. The van der Waals surface area contributed by atoms with E-state index in [1.165, 1.54) is 28.3 Å². The van der Waals surface area contributed by atoms with Crippen LogP contribution in [0.15, 0.2) is 24.3 Å². The number of nitrogens with zero attached hydrogens (tertiary/aromatic N) is 1. The third-order valence-electron chi connectivity index (χ3n) is 2.86. The third kappa shape index (κ3) is 1.87. The van der Waals surface area contributed by atoms with Gasteiger partial charge in [0.05, 0.1) is 10.7 Å². The lowest BCUT2D eigenvalue weighted by Gasteiger charge is -1.98. The Morgan fingerprint density at radius 2 is 1.94 bits per heavy atom. The van der Waals surface area contributed by atoms with Gasteiger partial charge in [-0.25, -0.2) is 4.98 Å². The summed E-state index contributed by atoms with van der Waals surface area (Å²) in [5, 5.41) is 2.08. The molecule has 0 aliphatic heterocycles. The van der Waals surface area contributed by atoms with E-state index in [1.807, 2.05) is 35.6 Å². The van der Waals surface area contributed by atoms with Gasteiger partial charge in [0.2, 0.25) is 0 Å². The first-order valence-electron chi connectivity index (χ1n) is 5.47. The first kappa shape index (κ1) is 10.3. The molecule has 82 valence electrons. The van der Waals surface area contributed by atoms with Crippen LogP contribution in [-0.4, -0.2) is 4.98 Å². The smallest absolute Gasteiger partial charge is 0.0966 e. The summed E-state index contributed by atoms with van der Waals surface area (Å²) < 4.78 is 0. The van der Waals surface area contributed by atoms with Gasteiger partial charge in [0.15, 0.2) is 0 Å². The molecule has 0 amide bonds. The highest BCUT2D eigenvalue weighted by Gasteiger charge is 2.27. The van der Waals surface area contributed by atoms with Crippen LogP contribution >= 0.6 is 22.9 Å². The molecule has 1 aliphatic rings. The fourth-order valence-electron chi connectivity index (χ4n) is 1.80. The lowest BCUT2D eigenvalue weighted by molar-refractivity contribution is 1.08. The zero-order chi connectivity index (χ0) is 11.1. The number of halogens is 1. The van der Waals surface area contributed by atoms with Crippen LogP contribution in [-0.2, 0) is 0 Å². The van der Waals surface area contributed by atoms with Crippen LogP contribution in [0.2, 0.25) is 5.02 Å². The second-order valence-corrected chi connectivity index (χ2v) is 5.91. The minimum absolute atomic E-state index is 0.741. The fourth-order valence-corrected chi connectivity index (χ4v) is 3.04. The topological polar surface area (TPSA) is 12.9 Å².